The minimum absolute atomic E-state index is 0.239. The number of hydrogen-bond donors (Lipinski definition) is 2. The van der Waals surface area contributed by atoms with E-state index >= 15 is 0 Å². The Morgan fingerprint density at radius 2 is 2.04 bits per heavy atom. The molecule has 0 aliphatic heterocycles. The molecular weight excluding hydrogens is 324 g/mol. The normalized spacial score (nSPS) is 10.3. The van der Waals surface area contributed by atoms with E-state index in [1.807, 2.05) is 55.5 Å². The summed E-state index contributed by atoms with van der Waals surface area (Å²) >= 11 is 0. The molecule has 0 saturated carbocycles. The van der Waals surface area contributed by atoms with Gasteiger partial charge >= 0.3 is 0 Å². The molecule has 0 spiro atoms. The first kappa shape index (κ1) is 17.2. The van der Waals surface area contributed by atoms with Gasteiger partial charge in [0.05, 0.1) is 23.0 Å². The topological polar surface area (TPSA) is 91.8 Å². The van der Waals surface area contributed by atoms with Crippen LogP contribution in [-0.4, -0.2) is 17.4 Å². The molecular formula is C21H18N4O. The van der Waals surface area contributed by atoms with Crippen molar-refractivity contribution in [3.63, 3.8) is 0 Å². The summed E-state index contributed by atoms with van der Waals surface area (Å²) in [5, 5.41) is 13.9. The maximum absolute atomic E-state index is 11.9. The van der Waals surface area contributed by atoms with E-state index in [0.29, 0.717) is 16.8 Å². The summed E-state index contributed by atoms with van der Waals surface area (Å²) in [6, 6.07) is 17.3. The molecule has 1 amide bonds. The lowest BCUT2D eigenvalue weighted by molar-refractivity contribution is 0.100. The zero-order chi connectivity index (χ0) is 18.7. The Balaban J connectivity index is 2.18. The van der Waals surface area contributed by atoms with Crippen LogP contribution in [0, 0.1) is 18.3 Å². The fourth-order valence-electron chi connectivity index (χ4n) is 2.81. The largest absolute Gasteiger partial charge is 0.379 e. The number of amides is 1. The second-order valence-corrected chi connectivity index (χ2v) is 6.02. The van der Waals surface area contributed by atoms with Gasteiger partial charge in [0.15, 0.2) is 0 Å². The van der Waals surface area contributed by atoms with Gasteiger partial charge in [-0.2, -0.15) is 5.26 Å². The van der Waals surface area contributed by atoms with E-state index < -0.39 is 5.91 Å². The number of nitrogens with two attached hydrogens (primary N) is 1. The summed E-state index contributed by atoms with van der Waals surface area (Å²) < 4.78 is 0. The van der Waals surface area contributed by atoms with Gasteiger partial charge in [0.1, 0.15) is 0 Å². The summed E-state index contributed by atoms with van der Waals surface area (Å²) in [4.78, 5) is 16.4. The van der Waals surface area contributed by atoms with Crippen LogP contribution < -0.4 is 11.1 Å². The predicted molar refractivity (Wildman–Crippen MR) is 104 cm³/mol. The van der Waals surface area contributed by atoms with E-state index in [2.05, 4.69) is 16.9 Å². The Morgan fingerprint density at radius 3 is 2.73 bits per heavy atom. The fraction of sp³-hybridized carbons (Fsp3) is 0.0952. The Hall–Kier alpha value is -3.65. The Kier molecular flexibility index (Phi) is 4.68. The number of carbonyl (C=O) groups is 1. The van der Waals surface area contributed by atoms with Gasteiger partial charge in [0.2, 0.25) is 0 Å². The third-order valence-electron chi connectivity index (χ3n) is 4.11. The molecule has 0 atom stereocenters. The van der Waals surface area contributed by atoms with Crippen molar-refractivity contribution in [2.75, 3.05) is 11.9 Å². The van der Waals surface area contributed by atoms with Gasteiger partial charge in [-0.15, -0.1) is 0 Å². The van der Waals surface area contributed by atoms with Crippen molar-refractivity contribution in [3.8, 4) is 17.3 Å². The third-order valence-corrected chi connectivity index (χ3v) is 4.11. The van der Waals surface area contributed by atoms with Crippen LogP contribution in [0.4, 0.5) is 5.69 Å². The van der Waals surface area contributed by atoms with Gasteiger partial charge in [-0.05, 0) is 36.6 Å². The van der Waals surface area contributed by atoms with Gasteiger partial charge in [0, 0.05) is 28.8 Å². The Morgan fingerprint density at radius 1 is 1.27 bits per heavy atom. The number of nitrogens with zero attached hydrogens (tertiary/aromatic N) is 2. The highest BCUT2D eigenvalue weighted by Crippen LogP contribution is 2.31. The standard InChI is InChI=1S/C21H18N4O/c1-13(11-22)12-24-20-17(21(23)26)9-8-15-6-7-16(10-18(15)20)19-5-3-4-14(2)25-19/h3-10,24H,1,12H2,2H3,(H2,23,26). The molecule has 0 fully saturated rings. The number of nitrogens with one attached hydrogen (secondary N) is 1. The van der Waals surface area contributed by atoms with Crippen LogP contribution in [-0.2, 0) is 0 Å². The van der Waals surface area contributed by atoms with Crippen LogP contribution in [0.3, 0.4) is 0 Å². The van der Waals surface area contributed by atoms with Gasteiger partial charge < -0.3 is 11.1 Å². The van der Waals surface area contributed by atoms with Gasteiger partial charge in [-0.1, -0.05) is 30.8 Å². The van der Waals surface area contributed by atoms with Crippen molar-refractivity contribution >= 4 is 22.4 Å². The smallest absolute Gasteiger partial charge is 0.250 e. The van der Waals surface area contributed by atoms with Crippen LogP contribution in [0.1, 0.15) is 16.1 Å². The minimum Gasteiger partial charge on any atom is -0.379 e. The monoisotopic (exact) mass is 342 g/mol. The zero-order valence-electron chi connectivity index (χ0n) is 14.4. The average molecular weight is 342 g/mol. The molecule has 3 N–H and O–H groups in total. The second-order valence-electron chi connectivity index (χ2n) is 6.02. The third kappa shape index (κ3) is 3.40. The maximum Gasteiger partial charge on any atom is 0.250 e. The average Bonchev–Trinajstić information content (AvgIpc) is 2.65. The van der Waals surface area contributed by atoms with Crippen LogP contribution in [0.2, 0.25) is 0 Å². The zero-order valence-corrected chi connectivity index (χ0v) is 14.4. The highest BCUT2D eigenvalue weighted by atomic mass is 16.1. The lowest BCUT2D eigenvalue weighted by Gasteiger charge is -2.14. The highest BCUT2D eigenvalue weighted by molar-refractivity contribution is 6.08. The van der Waals surface area contributed by atoms with Crippen LogP contribution in [0.15, 0.2) is 60.7 Å². The van der Waals surface area contributed by atoms with E-state index in [-0.39, 0.29) is 6.54 Å². The number of aryl methyl sites for hydroxylation is 1. The number of nitriles is 1. The lowest BCUT2D eigenvalue weighted by atomic mass is 9.99. The number of carbonyl (C=O) groups excluding carboxylic acids is 1. The van der Waals surface area contributed by atoms with E-state index in [1.165, 1.54) is 0 Å². The molecule has 1 aromatic heterocycles. The Bertz CT molecular complexity index is 1060. The number of hydrogen-bond acceptors (Lipinski definition) is 4. The summed E-state index contributed by atoms with van der Waals surface area (Å²) in [6.45, 7) is 5.85. The number of benzene rings is 2. The minimum atomic E-state index is -0.531. The number of pyridine rings is 1. The lowest BCUT2D eigenvalue weighted by Crippen LogP contribution is -2.15. The first-order valence-electron chi connectivity index (χ1n) is 8.12. The second kappa shape index (κ2) is 7.08. The summed E-state index contributed by atoms with van der Waals surface area (Å²) in [5.74, 6) is -0.531. The summed E-state index contributed by atoms with van der Waals surface area (Å²) in [7, 11) is 0. The molecule has 0 radical (unpaired) electrons. The van der Waals surface area contributed by atoms with E-state index in [1.54, 1.807) is 6.07 Å². The van der Waals surface area contributed by atoms with E-state index in [0.717, 1.165) is 27.7 Å². The number of anilines is 1. The Labute approximate surface area is 151 Å². The van der Waals surface area contributed by atoms with Crippen molar-refractivity contribution in [2.45, 2.75) is 6.92 Å². The molecule has 26 heavy (non-hydrogen) atoms. The molecule has 0 aliphatic carbocycles. The van der Waals surface area contributed by atoms with Gasteiger partial charge in [-0.3, -0.25) is 9.78 Å². The van der Waals surface area contributed by atoms with Crippen molar-refractivity contribution in [1.29, 1.82) is 5.26 Å². The number of rotatable bonds is 5. The molecule has 5 nitrogen and oxygen atoms in total. The molecule has 3 aromatic rings. The van der Waals surface area contributed by atoms with Crippen molar-refractivity contribution in [1.82, 2.24) is 4.98 Å². The summed E-state index contributed by atoms with van der Waals surface area (Å²) in [5.41, 5.74) is 9.59. The molecule has 0 unspecified atom stereocenters. The number of primary amides is 1. The van der Waals surface area contributed by atoms with E-state index in [9.17, 15) is 4.79 Å². The van der Waals surface area contributed by atoms with Crippen LogP contribution in [0.25, 0.3) is 22.0 Å². The SMILES string of the molecule is C=C(C#N)CNc1c(C(N)=O)ccc2ccc(-c3cccc(C)n3)cc12. The first-order valence-corrected chi connectivity index (χ1v) is 8.12. The van der Waals surface area contributed by atoms with Crippen LogP contribution in [0.5, 0.6) is 0 Å². The van der Waals surface area contributed by atoms with Crippen molar-refractivity contribution < 1.29 is 4.79 Å². The predicted octanol–water partition coefficient (Wildman–Crippen LogP) is 3.80. The number of aromatic nitrogens is 1. The molecule has 3 rings (SSSR count). The molecule has 0 aliphatic rings. The summed E-state index contributed by atoms with van der Waals surface area (Å²) in [6.07, 6.45) is 0. The molecule has 2 aromatic carbocycles. The van der Waals surface area contributed by atoms with Crippen molar-refractivity contribution in [3.05, 3.63) is 71.9 Å². The fourth-order valence-corrected chi connectivity index (χ4v) is 2.81. The first-order chi connectivity index (χ1) is 12.5. The van der Waals surface area contributed by atoms with Crippen molar-refractivity contribution in [2.24, 2.45) is 5.73 Å². The molecule has 0 saturated heterocycles. The molecule has 5 heteroatoms. The van der Waals surface area contributed by atoms with E-state index in [4.69, 9.17) is 11.0 Å². The van der Waals surface area contributed by atoms with Gasteiger partial charge in [-0.25, -0.2) is 0 Å². The maximum atomic E-state index is 11.9. The quantitative estimate of drug-likeness (QED) is 0.690. The van der Waals surface area contributed by atoms with Crippen LogP contribution >= 0.6 is 0 Å². The molecule has 0 bridgehead atoms. The number of fused-ring (bicyclic) bond motifs is 1. The molecule has 1 heterocycles. The molecule has 128 valence electrons. The van der Waals surface area contributed by atoms with Gasteiger partial charge in [0.25, 0.3) is 5.91 Å². The highest BCUT2D eigenvalue weighted by Gasteiger charge is 2.13.